The number of H-pyrrole nitrogens is 1. The predicted molar refractivity (Wildman–Crippen MR) is 73.7 cm³/mol. The lowest BCUT2D eigenvalue weighted by Crippen LogP contribution is -2.54. The lowest BCUT2D eigenvalue weighted by Gasteiger charge is -2.44. The van der Waals surface area contributed by atoms with Crippen LogP contribution in [-0.4, -0.2) is 45.9 Å². The van der Waals surface area contributed by atoms with Crippen molar-refractivity contribution in [2.75, 3.05) is 19.7 Å². The third-order valence-corrected chi connectivity index (χ3v) is 4.42. The number of carbonyl (C=O) groups excluding carboxylic acids is 1. The summed E-state index contributed by atoms with van der Waals surface area (Å²) in [5.74, 6) is -0.101. The summed E-state index contributed by atoms with van der Waals surface area (Å²) in [4.78, 5) is 25.8. The number of ether oxygens (including phenoxy) is 1. The predicted octanol–water partition coefficient (Wildman–Crippen LogP) is 0.889. The van der Waals surface area contributed by atoms with Gasteiger partial charge in [-0.3, -0.25) is 19.4 Å². The van der Waals surface area contributed by atoms with Gasteiger partial charge in [0.05, 0.1) is 18.8 Å². The van der Waals surface area contributed by atoms with Crippen LogP contribution >= 0.6 is 0 Å². The third kappa shape index (κ3) is 2.40. The molecule has 110 valence electrons. The van der Waals surface area contributed by atoms with Gasteiger partial charge in [0.15, 0.2) is 0 Å². The van der Waals surface area contributed by atoms with Crippen molar-refractivity contribution in [3.05, 3.63) is 22.1 Å². The highest BCUT2D eigenvalue weighted by Gasteiger charge is 2.39. The molecule has 1 aliphatic carbocycles. The number of carbonyl (C=O) groups is 1. The van der Waals surface area contributed by atoms with E-state index in [1.54, 1.807) is 7.05 Å². The Kier molecular flexibility index (Phi) is 3.41. The van der Waals surface area contributed by atoms with Gasteiger partial charge in [0.25, 0.3) is 11.5 Å². The lowest BCUT2D eigenvalue weighted by atomic mass is 9.83. The number of hydrogen-bond acceptors (Lipinski definition) is 3. The molecule has 0 atom stereocenters. The summed E-state index contributed by atoms with van der Waals surface area (Å²) in [6, 6.07) is 1.37. The minimum absolute atomic E-state index is 0.101. The molecule has 0 aromatic carbocycles. The fraction of sp³-hybridized carbons (Fsp3) is 0.714. The van der Waals surface area contributed by atoms with E-state index < -0.39 is 0 Å². The zero-order chi connectivity index (χ0) is 14.2. The first-order chi connectivity index (χ1) is 9.60. The molecule has 0 unspecified atom stereocenters. The number of aromatic nitrogens is 2. The maximum Gasteiger partial charge on any atom is 0.272 e. The maximum absolute atomic E-state index is 12.5. The van der Waals surface area contributed by atoms with Gasteiger partial charge in [0.1, 0.15) is 5.69 Å². The van der Waals surface area contributed by atoms with Gasteiger partial charge >= 0.3 is 0 Å². The summed E-state index contributed by atoms with van der Waals surface area (Å²) in [7, 11) is 1.61. The van der Waals surface area contributed by atoms with Gasteiger partial charge in [-0.15, -0.1) is 0 Å². The molecule has 2 fully saturated rings. The average molecular weight is 279 g/mol. The van der Waals surface area contributed by atoms with Gasteiger partial charge < -0.3 is 9.64 Å². The summed E-state index contributed by atoms with van der Waals surface area (Å²) in [6.07, 6.45) is 5.66. The number of nitrogens with one attached hydrogen (secondary N) is 1. The summed E-state index contributed by atoms with van der Waals surface area (Å²) in [6.45, 7) is 1.82. The zero-order valence-electron chi connectivity index (χ0n) is 11.9. The minimum atomic E-state index is -0.186. The second kappa shape index (κ2) is 5.09. The molecular weight excluding hydrogens is 258 g/mol. The first kappa shape index (κ1) is 13.4. The van der Waals surface area contributed by atoms with Crippen LogP contribution in [0.3, 0.4) is 0 Å². The van der Waals surface area contributed by atoms with E-state index in [9.17, 15) is 9.59 Å². The van der Waals surface area contributed by atoms with E-state index in [0.29, 0.717) is 25.4 Å². The van der Waals surface area contributed by atoms with Gasteiger partial charge in [0.2, 0.25) is 0 Å². The number of nitrogens with zero attached hydrogens (tertiary/aromatic N) is 2. The third-order valence-electron chi connectivity index (χ3n) is 4.42. The van der Waals surface area contributed by atoms with E-state index in [1.165, 1.54) is 30.0 Å². The standard InChI is InChI=1S/C14H21N3O3/c1-16-12(18)9-11(15-16)13(19)17-7-8-20-14(10-17)5-3-2-4-6-14/h9,15H,2-8,10H2,1H3. The van der Waals surface area contributed by atoms with E-state index in [1.807, 2.05) is 4.90 Å². The van der Waals surface area contributed by atoms with Crippen molar-refractivity contribution in [2.24, 2.45) is 7.05 Å². The van der Waals surface area contributed by atoms with Crippen molar-refractivity contribution in [1.29, 1.82) is 0 Å². The second-order valence-electron chi connectivity index (χ2n) is 5.89. The number of rotatable bonds is 1. The molecule has 1 aromatic rings. The molecule has 3 rings (SSSR count). The Morgan fingerprint density at radius 1 is 1.35 bits per heavy atom. The van der Waals surface area contributed by atoms with E-state index in [4.69, 9.17) is 4.74 Å². The van der Waals surface area contributed by atoms with Crippen LogP contribution < -0.4 is 5.56 Å². The molecular formula is C14H21N3O3. The first-order valence-corrected chi connectivity index (χ1v) is 7.29. The Bertz CT molecular complexity index is 549. The fourth-order valence-corrected chi connectivity index (χ4v) is 3.29. The summed E-state index contributed by atoms with van der Waals surface area (Å²) in [5, 5.41) is 2.80. The Labute approximate surface area is 117 Å². The molecule has 6 heteroatoms. The molecule has 2 aliphatic rings. The Morgan fingerprint density at radius 3 is 2.75 bits per heavy atom. The van der Waals surface area contributed by atoms with Crippen LogP contribution in [-0.2, 0) is 11.8 Å². The summed E-state index contributed by atoms with van der Waals surface area (Å²) in [5.41, 5.74) is 0.0284. The highest BCUT2D eigenvalue weighted by molar-refractivity contribution is 5.92. The molecule has 1 spiro atoms. The Balaban J connectivity index is 1.76. The minimum Gasteiger partial charge on any atom is -0.371 e. The van der Waals surface area contributed by atoms with E-state index in [-0.39, 0.29) is 17.1 Å². The van der Waals surface area contributed by atoms with E-state index in [2.05, 4.69) is 5.10 Å². The van der Waals surface area contributed by atoms with Gasteiger partial charge in [0, 0.05) is 19.7 Å². The van der Waals surface area contributed by atoms with Crippen LogP contribution in [0.25, 0.3) is 0 Å². The SMILES string of the molecule is Cn1[nH]c(C(=O)N2CCOC3(CCCCC3)C2)cc1=O. The molecule has 6 nitrogen and oxygen atoms in total. The van der Waals surface area contributed by atoms with E-state index >= 15 is 0 Å². The molecule has 1 saturated heterocycles. The van der Waals surface area contributed by atoms with Crippen LogP contribution in [0.5, 0.6) is 0 Å². The molecule has 0 bridgehead atoms. The van der Waals surface area contributed by atoms with Crippen molar-refractivity contribution in [2.45, 2.75) is 37.7 Å². The summed E-state index contributed by atoms with van der Waals surface area (Å²) >= 11 is 0. The maximum atomic E-state index is 12.5. The molecule has 1 aliphatic heterocycles. The molecule has 20 heavy (non-hydrogen) atoms. The first-order valence-electron chi connectivity index (χ1n) is 7.29. The molecule has 1 saturated carbocycles. The van der Waals surface area contributed by atoms with Crippen molar-refractivity contribution in [3.63, 3.8) is 0 Å². The second-order valence-corrected chi connectivity index (χ2v) is 5.89. The van der Waals surface area contributed by atoms with Gasteiger partial charge in [-0.2, -0.15) is 0 Å². The van der Waals surface area contributed by atoms with Gasteiger partial charge in [-0.25, -0.2) is 0 Å². The van der Waals surface area contributed by atoms with Crippen LogP contribution in [0, 0.1) is 0 Å². The van der Waals surface area contributed by atoms with Crippen molar-refractivity contribution in [1.82, 2.24) is 14.7 Å². The number of aromatic amines is 1. The highest BCUT2D eigenvalue weighted by Crippen LogP contribution is 2.34. The zero-order valence-corrected chi connectivity index (χ0v) is 11.9. The molecule has 1 N–H and O–H groups in total. The molecule has 2 heterocycles. The quantitative estimate of drug-likeness (QED) is 0.830. The number of amides is 1. The monoisotopic (exact) mass is 279 g/mol. The normalized spacial score (nSPS) is 22.1. The number of aryl methyl sites for hydroxylation is 1. The Hall–Kier alpha value is -1.56. The summed E-state index contributed by atoms with van der Waals surface area (Å²) < 4.78 is 7.30. The van der Waals surface area contributed by atoms with Crippen LogP contribution in [0.15, 0.2) is 10.9 Å². The Morgan fingerprint density at radius 2 is 2.10 bits per heavy atom. The number of hydrogen-bond donors (Lipinski definition) is 1. The molecule has 0 radical (unpaired) electrons. The highest BCUT2D eigenvalue weighted by atomic mass is 16.5. The molecule has 1 amide bonds. The average Bonchev–Trinajstić information content (AvgIpc) is 2.79. The van der Waals surface area contributed by atoms with Crippen molar-refractivity contribution >= 4 is 5.91 Å². The topological polar surface area (TPSA) is 67.3 Å². The van der Waals surface area contributed by atoms with Crippen LogP contribution in [0.2, 0.25) is 0 Å². The smallest absolute Gasteiger partial charge is 0.272 e. The van der Waals surface area contributed by atoms with Gasteiger partial charge in [-0.1, -0.05) is 19.3 Å². The van der Waals surface area contributed by atoms with Crippen molar-refractivity contribution < 1.29 is 9.53 Å². The van der Waals surface area contributed by atoms with Crippen molar-refractivity contribution in [3.8, 4) is 0 Å². The molecule has 1 aromatic heterocycles. The van der Waals surface area contributed by atoms with Crippen LogP contribution in [0.1, 0.15) is 42.6 Å². The van der Waals surface area contributed by atoms with Crippen LogP contribution in [0.4, 0.5) is 0 Å². The van der Waals surface area contributed by atoms with Gasteiger partial charge in [-0.05, 0) is 12.8 Å². The fourth-order valence-electron chi connectivity index (χ4n) is 3.29. The van der Waals surface area contributed by atoms with E-state index in [0.717, 1.165) is 12.8 Å². The lowest BCUT2D eigenvalue weighted by molar-refractivity contribution is -0.118. The largest absolute Gasteiger partial charge is 0.371 e. The number of morpholine rings is 1.